The van der Waals surface area contributed by atoms with Gasteiger partial charge in [-0.3, -0.25) is 0 Å². The number of benzene rings is 4. The Balaban J connectivity index is 1.59. The van der Waals surface area contributed by atoms with Crippen molar-refractivity contribution in [3.63, 3.8) is 0 Å². The summed E-state index contributed by atoms with van der Waals surface area (Å²) in [4.78, 5) is 1.16. The fourth-order valence-electron chi connectivity index (χ4n) is 5.60. The summed E-state index contributed by atoms with van der Waals surface area (Å²) in [5.41, 5.74) is 8.93. The first-order valence-corrected chi connectivity index (χ1v) is 13.0. The molecule has 0 aliphatic heterocycles. The average molecular weight is 469 g/mol. The summed E-state index contributed by atoms with van der Waals surface area (Å²) in [6, 6.07) is 32.6. The number of hydrogen-bond donors (Lipinski definition) is 0. The zero-order valence-corrected chi connectivity index (χ0v) is 20.3. The maximum atomic E-state index is 6.34. The standard InChI is InChI=1S/C33H24OS/c1-21-16-17-26-28(19-21)33(24-12-6-5-11-23(24)32(26)22-9-3-2-4-10-22)25-13-7-14-29-27(25)20-30(34-29)31-15-8-18-35-31/h2-18,20-21H,19H2,1H3. The SMILES string of the molecule is CC1C=Cc2c(c(-c3cccc4oc(-c5cccs5)cc34)c3ccccc3c2-c2ccccc2)C1. The Morgan fingerprint density at radius 1 is 0.771 bits per heavy atom. The van der Waals surface area contributed by atoms with Crippen molar-refractivity contribution < 1.29 is 4.42 Å². The second kappa shape index (κ2) is 8.11. The number of furan rings is 1. The summed E-state index contributed by atoms with van der Waals surface area (Å²) < 4.78 is 6.34. The van der Waals surface area contributed by atoms with E-state index in [9.17, 15) is 0 Å². The van der Waals surface area contributed by atoms with Gasteiger partial charge in [-0.05, 0) is 80.1 Å². The molecule has 0 radical (unpaired) electrons. The van der Waals surface area contributed by atoms with Crippen LogP contribution in [0.5, 0.6) is 0 Å². The molecule has 1 nitrogen and oxygen atoms in total. The van der Waals surface area contributed by atoms with Crippen molar-refractivity contribution in [1.82, 2.24) is 0 Å². The molecule has 7 rings (SSSR count). The Bertz CT molecular complexity index is 1720. The van der Waals surface area contributed by atoms with Crippen LogP contribution in [0.2, 0.25) is 0 Å². The summed E-state index contributed by atoms with van der Waals surface area (Å²) in [5.74, 6) is 1.44. The van der Waals surface area contributed by atoms with Gasteiger partial charge in [-0.15, -0.1) is 11.3 Å². The molecule has 6 aromatic rings. The van der Waals surface area contributed by atoms with E-state index in [2.05, 4.69) is 115 Å². The van der Waals surface area contributed by atoms with Gasteiger partial charge in [0.05, 0.1) is 4.88 Å². The zero-order chi connectivity index (χ0) is 23.4. The van der Waals surface area contributed by atoms with E-state index >= 15 is 0 Å². The normalized spacial score (nSPS) is 15.1. The maximum absolute atomic E-state index is 6.34. The minimum Gasteiger partial charge on any atom is -0.455 e. The average Bonchev–Trinajstić information content (AvgIpc) is 3.58. The van der Waals surface area contributed by atoms with Crippen molar-refractivity contribution in [2.24, 2.45) is 5.92 Å². The van der Waals surface area contributed by atoms with E-state index in [-0.39, 0.29) is 0 Å². The highest BCUT2D eigenvalue weighted by Gasteiger charge is 2.24. The van der Waals surface area contributed by atoms with Crippen LogP contribution in [0.3, 0.4) is 0 Å². The van der Waals surface area contributed by atoms with Gasteiger partial charge in [-0.25, -0.2) is 0 Å². The highest BCUT2D eigenvalue weighted by atomic mass is 32.1. The third-order valence-electron chi connectivity index (χ3n) is 7.14. The van der Waals surface area contributed by atoms with Gasteiger partial charge in [-0.1, -0.05) is 91.9 Å². The summed E-state index contributed by atoms with van der Waals surface area (Å²) in [6.07, 6.45) is 5.74. The first kappa shape index (κ1) is 20.5. The first-order valence-electron chi connectivity index (χ1n) is 12.2. The Kier molecular flexibility index (Phi) is 4.75. The topological polar surface area (TPSA) is 13.1 Å². The van der Waals surface area contributed by atoms with Gasteiger partial charge >= 0.3 is 0 Å². The van der Waals surface area contributed by atoms with Gasteiger partial charge in [-0.2, -0.15) is 0 Å². The third kappa shape index (κ3) is 3.29. The van der Waals surface area contributed by atoms with Crippen molar-refractivity contribution >= 4 is 39.2 Å². The van der Waals surface area contributed by atoms with Crippen LogP contribution in [-0.2, 0) is 6.42 Å². The molecule has 2 heteroatoms. The van der Waals surface area contributed by atoms with E-state index in [0.717, 1.165) is 22.6 Å². The highest BCUT2D eigenvalue weighted by molar-refractivity contribution is 7.13. The molecule has 2 aromatic heterocycles. The van der Waals surface area contributed by atoms with E-state index < -0.39 is 0 Å². The highest BCUT2D eigenvalue weighted by Crippen LogP contribution is 2.47. The van der Waals surface area contributed by atoms with Gasteiger partial charge in [0.1, 0.15) is 11.3 Å². The first-order chi connectivity index (χ1) is 17.3. The van der Waals surface area contributed by atoms with E-state index in [0.29, 0.717) is 5.92 Å². The number of hydrogen-bond acceptors (Lipinski definition) is 2. The number of fused-ring (bicyclic) bond motifs is 3. The Hall–Kier alpha value is -3.88. The molecule has 2 heterocycles. The molecule has 35 heavy (non-hydrogen) atoms. The van der Waals surface area contributed by atoms with E-state index in [4.69, 9.17) is 4.42 Å². The fourth-order valence-corrected chi connectivity index (χ4v) is 6.28. The third-order valence-corrected chi connectivity index (χ3v) is 8.02. The minimum absolute atomic E-state index is 0.497. The molecule has 0 spiro atoms. The lowest BCUT2D eigenvalue weighted by Crippen LogP contribution is -2.08. The minimum atomic E-state index is 0.497. The van der Waals surface area contributed by atoms with Crippen molar-refractivity contribution in [3.05, 3.63) is 114 Å². The lowest BCUT2D eigenvalue weighted by atomic mass is 9.78. The summed E-state index contributed by atoms with van der Waals surface area (Å²) >= 11 is 1.72. The Morgan fingerprint density at radius 2 is 1.57 bits per heavy atom. The van der Waals surface area contributed by atoms with Crippen LogP contribution >= 0.6 is 11.3 Å². The smallest absolute Gasteiger partial charge is 0.145 e. The van der Waals surface area contributed by atoms with Crippen molar-refractivity contribution in [2.45, 2.75) is 13.3 Å². The van der Waals surface area contributed by atoms with Crippen LogP contribution in [0.15, 0.2) is 107 Å². The van der Waals surface area contributed by atoms with Gasteiger partial charge in [0, 0.05) is 5.39 Å². The lowest BCUT2D eigenvalue weighted by Gasteiger charge is -2.26. The van der Waals surface area contributed by atoms with Crippen molar-refractivity contribution in [3.8, 4) is 32.9 Å². The Morgan fingerprint density at radius 3 is 2.37 bits per heavy atom. The van der Waals surface area contributed by atoms with E-state index in [1.165, 1.54) is 49.5 Å². The van der Waals surface area contributed by atoms with Gasteiger partial charge < -0.3 is 4.42 Å². The molecule has 0 saturated carbocycles. The Labute approximate surface area is 209 Å². The number of rotatable bonds is 3. The maximum Gasteiger partial charge on any atom is 0.145 e. The van der Waals surface area contributed by atoms with Crippen LogP contribution in [-0.4, -0.2) is 0 Å². The number of allylic oxidation sites excluding steroid dienone is 1. The molecule has 1 unspecified atom stereocenters. The van der Waals surface area contributed by atoms with Crippen LogP contribution in [0.25, 0.3) is 60.7 Å². The second-order valence-electron chi connectivity index (χ2n) is 9.40. The van der Waals surface area contributed by atoms with Crippen molar-refractivity contribution in [1.29, 1.82) is 0 Å². The molecule has 1 aliphatic rings. The molecule has 0 N–H and O–H groups in total. The fraction of sp³-hybridized carbons (Fsp3) is 0.0909. The molecule has 1 atom stereocenters. The van der Waals surface area contributed by atoms with Crippen LogP contribution in [0.4, 0.5) is 0 Å². The predicted molar refractivity (Wildman–Crippen MR) is 150 cm³/mol. The molecular weight excluding hydrogens is 444 g/mol. The zero-order valence-electron chi connectivity index (χ0n) is 19.5. The van der Waals surface area contributed by atoms with Crippen LogP contribution < -0.4 is 0 Å². The van der Waals surface area contributed by atoms with E-state index in [1.807, 2.05) is 0 Å². The molecular formula is C33H24OS. The summed E-state index contributed by atoms with van der Waals surface area (Å²) in [6.45, 7) is 2.31. The molecule has 4 aromatic carbocycles. The van der Waals surface area contributed by atoms with E-state index in [1.54, 1.807) is 11.3 Å². The monoisotopic (exact) mass is 468 g/mol. The van der Waals surface area contributed by atoms with Gasteiger partial charge in [0.2, 0.25) is 0 Å². The van der Waals surface area contributed by atoms with Gasteiger partial charge in [0.25, 0.3) is 0 Å². The molecule has 0 amide bonds. The summed E-state index contributed by atoms with van der Waals surface area (Å²) in [5, 5.41) is 5.88. The second-order valence-corrected chi connectivity index (χ2v) is 10.3. The van der Waals surface area contributed by atoms with Gasteiger partial charge in [0.15, 0.2) is 0 Å². The number of thiophene rings is 1. The lowest BCUT2D eigenvalue weighted by molar-refractivity contribution is 0.633. The molecule has 0 bridgehead atoms. The molecule has 168 valence electrons. The summed E-state index contributed by atoms with van der Waals surface area (Å²) in [7, 11) is 0. The van der Waals surface area contributed by atoms with Crippen LogP contribution in [0, 0.1) is 5.92 Å². The largest absolute Gasteiger partial charge is 0.455 e. The predicted octanol–water partition coefficient (Wildman–Crippen LogP) is 9.85. The molecule has 0 saturated heterocycles. The van der Waals surface area contributed by atoms with Crippen molar-refractivity contribution in [2.75, 3.05) is 0 Å². The molecule has 1 aliphatic carbocycles. The quantitative estimate of drug-likeness (QED) is 0.252. The molecule has 0 fully saturated rings. The van der Waals surface area contributed by atoms with Crippen LogP contribution in [0.1, 0.15) is 18.1 Å².